The van der Waals surface area contributed by atoms with Gasteiger partial charge in [0.25, 0.3) is 5.91 Å². The number of hydrogen-bond acceptors (Lipinski definition) is 2. The molecular weight excluding hydrogens is 335 g/mol. The molecule has 1 aromatic rings. The lowest BCUT2D eigenvalue weighted by molar-refractivity contribution is -0.111. The van der Waals surface area contributed by atoms with Gasteiger partial charge >= 0.3 is 0 Å². The summed E-state index contributed by atoms with van der Waals surface area (Å²) in [5, 5.41) is 2.66. The van der Waals surface area contributed by atoms with Gasteiger partial charge in [0.1, 0.15) is 4.33 Å². The SMILES string of the molecule is C=CC(=O)Nc1cccc(C(=O)N2CCC3(C)C(C2)C3(Cl)Cl)c1. The van der Waals surface area contributed by atoms with E-state index in [1.54, 1.807) is 29.2 Å². The van der Waals surface area contributed by atoms with Gasteiger partial charge in [-0.2, -0.15) is 0 Å². The van der Waals surface area contributed by atoms with E-state index in [-0.39, 0.29) is 23.1 Å². The molecule has 1 aromatic carbocycles. The van der Waals surface area contributed by atoms with Gasteiger partial charge in [-0.15, -0.1) is 23.2 Å². The van der Waals surface area contributed by atoms with Crippen molar-refractivity contribution in [3.63, 3.8) is 0 Å². The van der Waals surface area contributed by atoms with E-state index in [9.17, 15) is 9.59 Å². The summed E-state index contributed by atoms with van der Waals surface area (Å²) >= 11 is 12.7. The molecule has 0 spiro atoms. The topological polar surface area (TPSA) is 49.4 Å². The third-order valence-corrected chi connectivity index (χ3v) is 6.43. The number of piperidine rings is 1. The van der Waals surface area contributed by atoms with Crippen LogP contribution in [0, 0.1) is 11.3 Å². The van der Waals surface area contributed by atoms with Gasteiger partial charge in [-0.1, -0.05) is 19.6 Å². The maximum absolute atomic E-state index is 12.7. The van der Waals surface area contributed by atoms with Gasteiger partial charge in [0, 0.05) is 35.7 Å². The highest BCUT2D eigenvalue weighted by Crippen LogP contribution is 2.72. The van der Waals surface area contributed by atoms with E-state index in [0.717, 1.165) is 6.42 Å². The summed E-state index contributed by atoms with van der Waals surface area (Å²) in [5.74, 6) is -0.271. The van der Waals surface area contributed by atoms with Gasteiger partial charge in [0.2, 0.25) is 5.91 Å². The minimum atomic E-state index is -0.734. The third kappa shape index (κ3) is 2.64. The van der Waals surface area contributed by atoms with E-state index in [2.05, 4.69) is 18.8 Å². The second-order valence-electron chi connectivity index (χ2n) is 6.37. The number of likely N-dealkylation sites (tertiary alicyclic amines) is 1. The van der Waals surface area contributed by atoms with Gasteiger partial charge in [0.05, 0.1) is 0 Å². The molecule has 0 radical (unpaired) electrons. The molecule has 4 nitrogen and oxygen atoms in total. The molecule has 2 fully saturated rings. The molecule has 1 N–H and O–H groups in total. The minimum absolute atomic E-state index is 0.0715. The van der Waals surface area contributed by atoms with Crippen LogP contribution in [0.1, 0.15) is 23.7 Å². The van der Waals surface area contributed by atoms with Crippen molar-refractivity contribution in [2.45, 2.75) is 17.7 Å². The van der Waals surface area contributed by atoms with Crippen LogP contribution in [-0.4, -0.2) is 34.1 Å². The van der Waals surface area contributed by atoms with Crippen LogP contribution in [0.4, 0.5) is 5.69 Å². The first-order valence-corrected chi connectivity index (χ1v) is 8.26. The maximum atomic E-state index is 12.7. The molecule has 1 saturated carbocycles. The number of rotatable bonds is 3. The summed E-state index contributed by atoms with van der Waals surface area (Å²) in [4.78, 5) is 25.8. The van der Waals surface area contributed by atoms with Crippen molar-refractivity contribution in [1.29, 1.82) is 0 Å². The zero-order valence-corrected chi connectivity index (χ0v) is 14.3. The monoisotopic (exact) mass is 352 g/mol. The quantitative estimate of drug-likeness (QED) is 0.668. The zero-order chi connectivity index (χ0) is 16.8. The Hall–Kier alpha value is -1.52. The van der Waals surface area contributed by atoms with Crippen LogP contribution in [0.5, 0.6) is 0 Å². The largest absolute Gasteiger partial charge is 0.338 e. The highest BCUT2D eigenvalue weighted by molar-refractivity contribution is 6.52. The second kappa shape index (κ2) is 5.53. The van der Waals surface area contributed by atoms with Gasteiger partial charge in [-0.3, -0.25) is 9.59 Å². The normalized spacial score (nSPS) is 27.8. The predicted molar refractivity (Wildman–Crippen MR) is 91.8 cm³/mol. The number of hydrogen-bond donors (Lipinski definition) is 1. The highest BCUT2D eigenvalue weighted by Gasteiger charge is 2.74. The molecular formula is C17H18Cl2N2O2. The summed E-state index contributed by atoms with van der Waals surface area (Å²) in [6.45, 7) is 6.68. The Balaban J connectivity index is 1.73. The molecule has 3 rings (SSSR count). The first kappa shape index (κ1) is 16.3. The standard InChI is InChI=1S/C17H18Cl2N2O2/c1-3-14(22)20-12-6-4-5-11(9-12)15(23)21-8-7-16(2)13(10-21)17(16,18)19/h3-6,9,13H,1,7-8,10H2,2H3,(H,20,22). The minimum Gasteiger partial charge on any atom is -0.338 e. The number of halogens is 2. The van der Waals surface area contributed by atoms with Crippen molar-refractivity contribution >= 4 is 40.7 Å². The molecule has 122 valence electrons. The maximum Gasteiger partial charge on any atom is 0.253 e. The van der Waals surface area contributed by atoms with Gasteiger partial charge in [-0.25, -0.2) is 0 Å². The van der Waals surface area contributed by atoms with E-state index in [1.807, 2.05) is 0 Å². The fourth-order valence-corrected chi connectivity index (χ4v) is 4.26. The third-order valence-electron chi connectivity index (χ3n) is 5.04. The molecule has 0 bridgehead atoms. The number of benzene rings is 1. The summed E-state index contributed by atoms with van der Waals surface area (Å²) in [7, 11) is 0. The van der Waals surface area contributed by atoms with Crippen molar-refractivity contribution in [3.8, 4) is 0 Å². The summed E-state index contributed by atoms with van der Waals surface area (Å²) < 4.78 is -0.734. The van der Waals surface area contributed by atoms with E-state index < -0.39 is 4.33 Å². The van der Waals surface area contributed by atoms with Crippen LogP contribution in [-0.2, 0) is 4.79 Å². The van der Waals surface area contributed by atoms with Crippen LogP contribution >= 0.6 is 23.2 Å². The van der Waals surface area contributed by atoms with Crippen LogP contribution < -0.4 is 5.32 Å². The average molecular weight is 353 g/mol. The molecule has 1 heterocycles. The van der Waals surface area contributed by atoms with Crippen molar-refractivity contribution in [3.05, 3.63) is 42.5 Å². The van der Waals surface area contributed by atoms with Crippen LogP contribution in [0.15, 0.2) is 36.9 Å². The number of nitrogens with one attached hydrogen (secondary N) is 1. The van der Waals surface area contributed by atoms with Crippen molar-refractivity contribution in [2.24, 2.45) is 11.3 Å². The number of nitrogens with zero attached hydrogens (tertiary/aromatic N) is 1. The molecule has 2 aliphatic rings. The number of anilines is 1. The van der Waals surface area contributed by atoms with Gasteiger partial charge < -0.3 is 10.2 Å². The van der Waals surface area contributed by atoms with E-state index in [0.29, 0.717) is 24.3 Å². The number of carbonyl (C=O) groups excluding carboxylic acids is 2. The van der Waals surface area contributed by atoms with Gasteiger partial charge in [0.15, 0.2) is 0 Å². The summed E-state index contributed by atoms with van der Waals surface area (Å²) in [5.41, 5.74) is 1.01. The Morgan fingerprint density at radius 1 is 1.43 bits per heavy atom. The second-order valence-corrected chi connectivity index (χ2v) is 7.75. The predicted octanol–water partition coefficient (Wildman–Crippen LogP) is 3.47. The molecule has 2 amide bonds. The lowest BCUT2D eigenvalue weighted by atomic mass is 9.97. The highest BCUT2D eigenvalue weighted by atomic mass is 35.5. The number of fused-ring (bicyclic) bond motifs is 1. The van der Waals surface area contributed by atoms with Crippen molar-refractivity contribution in [2.75, 3.05) is 18.4 Å². The molecule has 2 atom stereocenters. The summed E-state index contributed by atoms with van der Waals surface area (Å²) in [6, 6.07) is 6.87. The first-order valence-electron chi connectivity index (χ1n) is 7.50. The molecule has 23 heavy (non-hydrogen) atoms. The smallest absolute Gasteiger partial charge is 0.253 e. The number of alkyl halides is 2. The Bertz CT molecular complexity index is 689. The van der Waals surface area contributed by atoms with Crippen LogP contribution in [0.25, 0.3) is 0 Å². The average Bonchev–Trinajstić information content (AvgIpc) is 2.99. The van der Waals surface area contributed by atoms with E-state index >= 15 is 0 Å². The lowest BCUT2D eigenvalue weighted by Crippen LogP contribution is -2.38. The molecule has 1 saturated heterocycles. The molecule has 1 aliphatic carbocycles. The van der Waals surface area contributed by atoms with Crippen molar-refractivity contribution in [1.82, 2.24) is 4.90 Å². The first-order chi connectivity index (χ1) is 10.8. The van der Waals surface area contributed by atoms with E-state index in [4.69, 9.17) is 23.2 Å². The fourth-order valence-electron chi connectivity index (χ4n) is 3.30. The Morgan fingerprint density at radius 3 is 2.83 bits per heavy atom. The molecule has 6 heteroatoms. The van der Waals surface area contributed by atoms with Crippen molar-refractivity contribution < 1.29 is 9.59 Å². The molecule has 0 aromatic heterocycles. The molecule has 1 aliphatic heterocycles. The Labute approximate surface area is 145 Å². The van der Waals surface area contributed by atoms with Crippen LogP contribution in [0.3, 0.4) is 0 Å². The summed E-state index contributed by atoms with van der Waals surface area (Å²) in [6.07, 6.45) is 1.98. The number of carbonyl (C=O) groups is 2. The fraction of sp³-hybridized carbons (Fsp3) is 0.412. The lowest BCUT2D eigenvalue weighted by Gasteiger charge is -2.29. The van der Waals surface area contributed by atoms with Gasteiger partial charge in [-0.05, 0) is 30.7 Å². The van der Waals surface area contributed by atoms with Crippen LogP contribution in [0.2, 0.25) is 0 Å². The molecule has 2 unspecified atom stereocenters. The van der Waals surface area contributed by atoms with E-state index in [1.165, 1.54) is 6.08 Å². The zero-order valence-electron chi connectivity index (χ0n) is 12.8. The number of amides is 2. The Kier molecular flexibility index (Phi) is 3.93. The Morgan fingerprint density at radius 2 is 2.17 bits per heavy atom.